The van der Waals surface area contributed by atoms with Gasteiger partial charge >= 0.3 is 12.5 Å². The molecule has 0 unspecified atom stereocenters. The first kappa shape index (κ1) is 32.0. The Morgan fingerprint density at radius 1 is 1.12 bits per heavy atom. The van der Waals surface area contributed by atoms with Crippen molar-refractivity contribution in [1.29, 1.82) is 0 Å². The summed E-state index contributed by atoms with van der Waals surface area (Å²) in [6.45, 7) is 3.53. The van der Waals surface area contributed by atoms with Gasteiger partial charge < -0.3 is 24.8 Å². The summed E-state index contributed by atoms with van der Waals surface area (Å²) in [6, 6.07) is 8.10. The van der Waals surface area contributed by atoms with E-state index in [4.69, 9.17) is 0 Å². The predicted molar refractivity (Wildman–Crippen MR) is 154 cm³/mol. The maximum Gasteiger partial charge on any atom is 0.573 e. The molecule has 14 heteroatoms. The number of piperidine rings is 1. The van der Waals surface area contributed by atoms with Crippen molar-refractivity contribution in [1.82, 2.24) is 4.90 Å². The average Bonchev–Trinajstić information content (AvgIpc) is 3.19. The summed E-state index contributed by atoms with van der Waals surface area (Å²) in [5.41, 5.74) is 0.421. The molecule has 3 aromatic rings. The standard InChI is InChI=1S/C28H29F7N3O2PS/c1-38-13-11-21(20(29)16-38)37-23-7-4-6-18-19(15-27(30,31)32)25(42-26(18)23)8-5-12-36-22-10-9-17(41(2,3)39)14-24(22)40-28(33,34)35/h4,6-7,9-10,14,20-21,36-37H,11-13,15-16H2,1-3H3/t20-,21-/m0/s1. The number of anilines is 2. The van der Waals surface area contributed by atoms with E-state index in [2.05, 4.69) is 27.2 Å². The number of hydrogen-bond donors (Lipinski definition) is 2. The molecule has 1 aliphatic rings. The van der Waals surface area contributed by atoms with Crippen LogP contribution in [-0.2, 0) is 11.0 Å². The number of benzene rings is 2. The molecule has 0 amide bonds. The second kappa shape index (κ2) is 12.3. The highest BCUT2D eigenvalue weighted by Gasteiger charge is 2.34. The fourth-order valence-electron chi connectivity index (χ4n) is 4.65. The third-order valence-corrected chi connectivity index (χ3v) is 9.38. The van der Waals surface area contributed by atoms with Crippen molar-refractivity contribution >= 4 is 45.2 Å². The van der Waals surface area contributed by atoms with Crippen LogP contribution in [-0.4, -0.2) is 69.7 Å². The lowest BCUT2D eigenvalue weighted by atomic mass is 10.0. The number of hydrogen-bond acceptors (Lipinski definition) is 6. The highest BCUT2D eigenvalue weighted by molar-refractivity contribution is 7.70. The minimum absolute atomic E-state index is 0.0223. The van der Waals surface area contributed by atoms with Crippen molar-refractivity contribution in [2.24, 2.45) is 0 Å². The zero-order chi connectivity index (χ0) is 30.9. The van der Waals surface area contributed by atoms with Crippen molar-refractivity contribution in [3.05, 3.63) is 46.8 Å². The van der Waals surface area contributed by atoms with Crippen molar-refractivity contribution in [3.63, 3.8) is 0 Å². The van der Waals surface area contributed by atoms with Crippen LogP contribution in [0.1, 0.15) is 16.9 Å². The van der Waals surface area contributed by atoms with Crippen LogP contribution in [0.15, 0.2) is 36.4 Å². The number of thiophene rings is 1. The molecule has 5 nitrogen and oxygen atoms in total. The van der Waals surface area contributed by atoms with E-state index < -0.39 is 44.1 Å². The van der Waals surface area contributed by atoms with E-state index in [0.717, 1.165) is 17.4 Å². The van der Waals surface area contributed by atoms with Crippen LogP contribution < -0.4 is 20.7 Å². The summed E-state index contributed by atoms with van der Waals surface area (Å²) < 4.78 is 111. The van der Waals surface area contributed by atoms with Gasteiger partial charge in [-0.15, -0.1) is 24.5 Å². The van der Waals surface area contributed by atoms with E-state index in [9.17, 15) is 35.3 Å². The molecule has 0 radical (unpaired) electrons. The molecule has 1 fully saturated rings. The van der Waals surface area contributed by atoms with Crippen LogP contribution in [0.4, 0.5) is 42.1 Å². The molecule has 42 heavy (non-hydrogen) atoms. The monoisotopic (exact) mass is 635 g/mol. The van der Waals surface area contributed by atoms with Gasteiger partial charge in [0, 0.05) is 18.4 Å². The van der Waals surface area contributed by atoms with Crippen LogP contribution in [0, 0.1) is 11.8 Å². The molecule has 0 bridgehead atoms. The Balaban J connectivity index is 1.62. The molecule has 1 aliphatic heterocycles. The van der Waals surface area contributed by atoms with E-state index in [0.29, 0.717) is 28.7 Å². The van der Waals surface area contributed by atoms with Crippen LogP contribution in [0.5, 0.6) is 5.75 Å². The van der Waals surface area contributed by atoms with E-state index >= 15 is 0 Å². The van der Waals surface area contributed by atoms with E-state index in [1.54, 1.807) is 18.2 Å². The van der Waals surface area contributed by atoms with E-state index in [-0.39, 0.29) is 34.5 Å². The van der Waals surface area contributed by atoms with Gasteiger partial charge in [0.2, 0.25) is 0 Å². The van der Waals surface area contributed by atoms with Gasteiger partial charge in [-0.25, -0.2) is 4.39 Å². The van der Waals surface area contributed by atoms with Crippen molar-refractivity contribution < 1.29 is 40.0 Å². The zero-order valence-corrected chi connectivity index (χ0v) is 24.6. The second-order valence-electron chi connectivity index (χ2n) is 10.4. The largest absolute Gasteiger partial charge is 0.573 e. The summed E-state index contributed by atoms with van der Waals surface area (Å²) in [6.07, 6.45) is -11.4. The van der Waals surface area contributed by atoms with Gasteiger partial charge in [-0.3, -0.25) is 0 Å². The van der Waals surface area contributed by atoms with Gasteiger partial charge in [0.25, 0.3) is 0 Å². The Morgan fingerprint density at radius 2 is 1.86 bits per heavy atom. The SMILES string of the molecule is CN1CC[C@H](Nc2cccc3c(CC(F)(F)F)c(C#CCNc4ccc(P(C)(C)=O)cc4OC(F)(F)F)sc23)[C@@H](F)C1. The smallest absolute Gasteiger partial charge is 0.404 e. The van der Waals surface area contributed by atoms with Gasteiger partial charge in [0.1, 0.15) is 13.3 Å². The number of fused-ring (bicyclic) bond motifs is 1. The normalized spacial score (nSPS) is 18.4. The molecule has 2 N–H and O–H groups in total. The second-order valence-corrected chi connectivity index (χ2v) is 14.7. The zero-order valence-electron chi connectivity index (χ0n) is 22.9. The lowest BCUT2D eigenvalue weighted by molar-refractivity contribution is -0.274. The van der Waals surface area contributed by atoms with Crippen molar-refractivity contribution in [3.8, 4) is 17.6 Å². The topological polar surface area (TPSA) is 53.6 Å². The molecule has 2 atom stereocenters. The number of nitrogens with zero attached hydrogens (tertiary/aromatic N) is 1. The van der Waals surface area contributed by atoms with Crippen LogP contribution in [0.3, 0.4) is 0 Å². The Labute approximate surface area is 242 Å². The minimum Gasteiger partial charge on any atom is -0.404 e. The highest BCUT2D eigenvalue weighted by Crippen LogP contribution is 2.40. The Hall–Kier alpha value is -2.94. The molecule has 0 spiro atoms. The summed E-state index contributed by atoms with van der Waals surface area (Å²) in [5, 5.41) is 6.40. The number of alkyl halides is 7. The third-order valence-electron chi connectivity index (χ3n) is 6.66. The van der Waals surface area contributed by atoms with Gasteiger partial charge in [-0.05, 0) is 62.0 Å². The molecule has 2 aromatic carbocycles. The fourth-order valence-corrected chi connectivity index (χ4v) is 6.68. The molecule has 228 valence electrons. The Morgan fingerprint density at radius 3 is 2.50 bits per heavy atom. The summed E-state index contributed by atoms with van der Waals surface area (Å²) in [4.78, 5) is 2.02. The first-order valence-corrected chi connectivity index (χ1v) is 16.3. The van der Waals surface area contributed by atoms with Crippen molar-refractivity contribution in [2.75, 3.05) is 50.6 Å². The molecule has 0 saturated carbocycles. The summed E-state index contributed by atoms with van der Waals surface area (Å²) in [5.74, 6) is 4.83. The number of nitrogens with one attached hydrogen (secondary N) is 2. The molecule has 1 saturated heterocycles. The van der Waals surface area contributed by atoms with E-state index in [1.165, 1.54) is 25.5 Å². The molecular formula is C28H29F7N3O2PS. The summed E-state index contributed by atoms with van der Waals surface area (Å²) >= 11 is 1.04. The highest BCUT2D eigenvalue weighted by atomic mass is 32.1. The fraction of sp³-hybridized carbons (Fsp3) is 0.429. The number of ether oxygens (including phenoxy) is 1. The lowest BCUT2D eigenvalue weighted by Gasteiger charge is -2.33. The van der Waals surface area contributed by atoms with Gasteiger partial charge in [-0.1, -0.05) is 24.0 Å². The molecular weight excluding hydrogens is 606 g/mol. The van der Waals surface area contributed by atoms with E-state index in [1.807, 2.05) is 11.9 Å². The first-order chi connectivity index (χ1) is 19.5. The molecule has 0 aliphatic carbocycles. The first-order valence-electron chi connectivity index (χ1n) is 12.9. The quantitative estimate of drug-likeness (QED) is 0.165. The Kier molecular flexibility index (Phi) is 9.40. The summed E-state index contributed by atoms with van der Waals surface area (Å²) in [7, 11) is -1.06. The van der Waals surface area contributed by atoms with Gasteiger partial charge in [-0.2, -0.15) is 13.2 Å². The minimum atomic E-state index is -5.00. The maximum atomic E-state index is 14.7. The predicted octanol–water partition coefficient (Wildman–Crippen LogP) is 7.07. The van der Waals surface area contributed by atoms with Crippen LogP contribution >= 0.6 is 18.5 Å². The van der Waals surface area contributed by atoms with Gasteiger partial charge in [0.15, 0.2) is 5.75 Å². The molecule has 2 heterocycles. The lowest BCUT2D eigenvalue weighted by Crippen LogP contribution is -2.46. The van der Waals surface area contributed by atoms with Crippen molar-refractivity contribution in [2.45, 2.75) is 37.6 Å². The number of halogens is 7. The van der Waals surface area contributed by atoms with Crippen LogP contribution in [0.2, 0.25) is 0 Å². The average molecular weight is 636 g/mol. The third kappa shape index (κ3) is 8.33. The number of likely N-dealkylation sites (tertiary alicyclic amines) is 1. The van der Waals surface area contributed by atoms with Gasteiger partial charge in [0.05, 0.1) is 40.0 Å². The number of rotatable bonds is 7. The molecule has 1 aromatic heterocycles. The Bertz CT molecular complexity index is 1540. The van der Waals surface area contributed by atoms with Crippen LogP contribution in [0.25, 0.3) is 10.1 Å². The maximum absolute atomic E-state index is 14.7. The molecule has 4 rings (SSSR count).